The number of aromatic amines is 2. The molecule has 0 aromatic carbocycles. The molecule has 4 fully saturated rings. The normalized spacial score (nSPS) is 29.1. The highest BCUT2D eigenvalue weighted by atomic mass is 16.2. The van der Waals surface area contributed by atoms with Crippen LogP contribution in [0.5, 0.6) is 0 Å². The van der Waals surface area contributed by atoms with Crippen molar-refractivity contribution in [3.8, 4) is 0 Å². The Hall–Kier alpha value is -4.13. The van der Waals surface area contributed by atoms with Gasteiger partial charge in [0.25, 0.3) is 0 Å². The average Bonchev–Trinajstić information content (AvgIpc) is 4.16. The molecule has 2 aromatic rings. The van der Waals surface area contributed by atoms with Gasteiger partial charge in [0.1, 0.15) is 5.82 Å². The van der Waals surface area contributed by atoms with E-state index in [0.29, 0.717) is 46.8 Å². The monoisotopic (exact) mass is 852 g/mol. The number of nitrogens with zero attached hydrogens (tertiary/aromatic N) is 3. The number of fused-ring (bicyclic) bond motifs is 2. The first kappa shape index (κ1) is 44.1. The van der Waals surface area contributed by atoms with Crippen LogP contribution in [-0.4, -0.2) is 49.7 Å². The number of allylic oxidation sites excluding steroid dienone is 12. The second-order valence-corrected chi connectivity index (χ2v) is 22.1. The lowest BCUT2D eigenvalue weighted by molar-refractivity contribution is -0.138. The van der Waals surface area contributed by atoms with Gasteiger partial charge in [-0.2, -0.15) is 0 Å². The summed E-state index contributed by atoms with van der Waals surface area (Å²) in [5.74, 6) is 4.38. The third-order valence-corrected chi connectivity index (χ3v) is 17.4. The van der Waals surface area contributed by atoms with Crippen LogP contribution in [0.4, 0.5) is 0 Å². The van der Waals surface area contributed by atoms with Gasteiger partial charge in [0.2, 0.25) is 11.8 Å². The van der Waals surface area contributed by atoms with Gasteiger partial charge in [0, 0.05) is 36.3 Å². The number of carbonyl (C=O) groups is 2. The van der Waals surface area contributed by atoms with Crippen LogP contribution >= 0.6 is 0 Å². The standard InChI is InChI=1S/C56H77N5O2/c1-10-39-29-47(58-52(39)49-27-35(6)31-60(49)54(62)37(8)33(2)3)42-17-15-41(16-18-42)45-22-21-44(46-23-26-56(51(45)46)24-11-12-25-56)40-13-19-43(20-14-40)48-30-57-53(59-48)50-28-36(7)32-61(50)55(63)38(9)34(4)5/h13,15,17,19,21-22,29-30,33-38,46,49-51,58H,10-12,14,16,18,20,23-28,31-32H2,1-9H3,(H,57,59). The minimum Gasteiger partial charge on any atom is -0.357 e. The number of H-pyrrole nitrogens is 2. The number of amides is 2. The fourth-order valence-electron chi connectivity index (χ4n) is 13.1. The summed E-state index contributed by atoms with van der Waals surface area (Å²) in [5.41, 5.74) is 14.4. The molecule has 7 nitrogen and oxygen atoms in total. The number of nitrogens with one attached hydrogen (secondary N) is 2. The van der Waals surface area contributed by atoms with Gasteiger partial charge in [-0.3, -0.25) is 9.59 Å². The summed E-state index contributed by atoms with van der Waals surface area (Å²) in [6, 6.07) is 2.56. The maximum atomic E-state index is 13.7. The molecule has 7 aliphatic rings. The number of rotatable bonds is 11. The molecule has 8 unspecified atom stereocenters. The summed E-state index contributed by atoms with van der Waals surface area (Å²) in [4.78, 5) is 44.1. The van der Waals surface area contributed by atoms with Gasteiger partial charge in [-0.1, -0.05) is 112 Å². The molecule has 338 valence electrons. The molecule has 1 spiro atoms. The van der Waals surface area contributed by atoms with E-state index in [9.17, 15) is 9.59 Å². The molecular weight excluding hydrogens is 775 g/mol. The van der Waals surface area contributed by atoms with Crippen molar-refractivity contribution in [2.24, 2.45) is 52.8 Å². The largest absolute Gasteiger partial charge is 0.357 e. The van der Waals surface area contributed by atoms with Crippen molar-refractivity contribution in [2.75, 3.05) is 13.1 Å². The Bertz CT molecular complexity index is 2260. The number of aryl methyl sites for hydroxylation is 1. The van der Waals surface area contributed by atoms with E-state index >= 15 is 0 Å². The van der Waals surface area contributed by atoms with Crippen molar-refractivity contribution in [1.82, 2.24) is 24.8 Å². The first-order valence-corrected chi connectivity index (χ1v) is 25.4. The Morgan fingerprint density at radius 2 is 1.24 bits per heavy atom. The zero-order valence-corrected chi connectivity index (χ0v) is 40.2. The van der Waals surface area contributed by atoms with Gasteiger partial charge in [-0.05, 0) is 157 Å². The van der Waals surface area contributed by atoms with Crippen LogP contribution in [0.25, 0.3) is 11.1 Å². The molecule has 2 N–H and O–H groups in total. The number of hydrogen-bond acceptors (Lipinski definition) is 3. The molecule has 9 rings (SSSR count). The molecule has 4 heterocycles. The number of aromatic nitrogens is 3. The lowest BCUT2D eigenvalue weighted by atomic mass is 9.63. The van der Waals surface area contributed by atoms with Gasteiger partial charge in [0.05, 0.1) is 24.0 Å². The van der Waals surface area contributed by atoms with Gasteiger partial charge in [-0.15, -0.1) is 0 Å². The maximum Gasteiger partial charge on any atom is 0.226 e. The summed E-state index contributed by atoms with van der Waals surface area (Å²) in [7, 11) is 0. The fraction of sp³-hybridized carbons (Fsp3) is 0.625. The van der Waals surface area contributed by atoms with Gasteiger partial charge >= 0.3 is 0 Å². The Morgan fingerprint density at radius 1 is 0.698 bits per heavy atom. The molecule has 2 amide bonds. The number of hydrogen-bond donors (Lipinski definition) is 2. The van der Waals surface area contributed by atoms with E-state index in [1.165, 1.54) is 72.2 Å². The van der Waals surface area contributed by atoms with Gasteiger partial charge < -0.3 is 19.8 Å². The first-order valence-electron chi connectivity index (χ1n) is 25.4. The highest BCUT2D eigenvalue weighted by Gasteiger charge is 2.53. The molecule has 7 heteroatoms. The summed E-state index contributed by atoms with van der Waals surface area (Å²) in [6.07, 6.45) is 32.0. The van der Waals surface area contributed by atoms with Crippen LogP contribution < -0.4 is 0 Å². The Balaban J connectivity index is 0.957. The number of imidazole rings is 1. The predicted octanol–water partition coefficient (Wildman–Crippen LogP) is 13.1. The van der Waals surface area contributed by atoms with Crippen LogP contribution in [0.1, 0.15) is 180 Å². The fourth-order valence-corrected chi connectivity index (χ4v) is 13.1. The van der Waals surface area contributed by atoms with E-state index in [-0.39, 0.29) is 29.8 Å². The molecule has 2 aromatic heterocycles. The maximum absolute atomic E-state index is 13.7. The van der Waals surface area contributed by atoms with Crippen molar-refractivity contribution in [1.29, 1.82) is 0 Å². The summed E-state index contributed by atoms with van der Waals surface area (Å²) < 4.78 is 0. The zero-order valence-electron chi connectivity index (χ0n) is 40.2. The molecule has 2 saturated heterocycles. The Labute approximate surface area is 379 Å². The van der Waals surface area contributed by atoms with Crippen molar-refractivity contribution >= 4 is 23.0 Å². The smallest absolute Gasteiger partial charge is 0.226 e. The van der Waals surface area contributed by atoms with Gasteiger partial charge in [0.15, 0.2) is 0 Å². The number of likely N-dealkylation sites (tertiary alicyclic amines) is 2. The molecular formula is C56H77N5O2. The van der Waals surface area contributed by atoms with E-state index in [0.717, 1.165) is 69.6 Å². The summed E-state index contributed by atoms with van der Waals surface area (Å²) >= 11 is 0. The van der Waals surface area contributed by atoms with Crippen molar-refractivity contribution in [3.05, 3.63) is 99.5 Å². The third kappa shape index (κ3) is 8.15. The second kappa shape index (κ2) is 17.7. The van der Waals surface area contributed by atoms with Crippen LogP contribution in [0, 0.1) is 52.8 Å². The van der Waals surface area contributed by atoms with E-state index in [4.69, 9.17) is 4.98 Å². The van der Waals surface area contributed by atoms with Crippen molar-refractivity contribution in [2.45, 2.75) is 158 Å². The zero-order chi connectivity index (χ0) is 44.3. The van der Waals surface area contributed by atoms with Crippen LogP contribution in [-0.2, 0) is 16.0 Å². The summed E-state index contributed by atoms with van der Waals surface area (Å²) in [5, 5.41) is 0. The molecule has 0 radical (unpaired) electrons. The van der Waals surface area contributed by atoms with E-state index in [1.807, 2.05) is 6.20 Å². The Morgan fingerprint density at radius 3 is 1.83 bits per heavy atom. The van der Waals surface area contributed by atoms with E-state index in [1.54, 1.807) is 16.7 Å². The minimum absolute atomic E-state index is 0.0123. The van der Waals surface area contributed by atoms with E-state index < -0.39 is 0 Å². The molecule has 0 bridgehead atoms. The molecule has 2 aliphatic heterocycles. The highest BCUT2D eigenvalue weighted by molar-refractivity contribution is 5.80. The molecule has 8 atom stereocenters. The Kier molecular flexibility index (Phi) is 12.4. The lowest BCUT2D eigenvalue weighted by Gasteiger charge is -2.40. The van der Waals surface area contributed by atoms with Crippen molar-refractivity contribution in [3.63, 3.8) is 0 Å². The SMILES string of the molecule is CCc1cc(C2=CC=C(C3=CC=C(C4=CC=C(c5cnc(C6CC(C)CN6C(=O)C(C)C(C)C)[nH]5)CC4)C4CCC5(CCCC5)C34)CC2)[nH]c1C1CC(C)CN1C(=O)C(C)C(C)C. The topological polar surface area (TPSA) is 85.1 Å². The van der Waals surface area contributed by atoms with Crippen molar-refractivity contribution < 1.29 is 9.59 Å². The van der Waals surface area contributed by atoms with Crippen LogP contribution in [0.15, 0.2) is 71.0 Å². The lowest BCUT2D eigenvalue weighted by Crippen LogP contribution is -2.37. The first-order chi connectivity index (χ1) is 30.3. The quantitative estimate of drug-likeness (QED) is 0.236. The highest BCUT2D eigenvalue weighted by Crippen LogP contribution is 2.64. The van der Waals surface area contributed by atoms with Gasteiger partial charge in [-0.25, -0.2) is 4.98 Å². The summed E-state index contributed by atoms with van der Waals surface area (Å²) in [6.45, 7) is 21.3. The van der Waals surface area contributed by atoms with Crippen LogP contribution in [0.3, 0.4) is 0 Å². The minimum atomic E-state index is 0.0123. The molecule has 2 saturated carbocycles. The molecule has 63 heavy (non-hydrogen) atoms. The predicted molar refractivity (Wildman–Crippen MR) is 257 cm³/mol. The van der Waals surface area contributed by atoms with Crippen LogP contribution in [0.2, 0.25) is 0 Å². The number of carbonyl (C=O) groups excluding carboxylic acids is 2. The molecule has 5 aliphatic carbocycles. The second-order valence-electron chi connectivity index (χ2n) is 22.1. The third-order valence-electron chi connectivity index (χ3n) is 17.4. The average molecular weight is 852 g/mol. The van der Waals surface area contributed by atoms with E-state index in [2.05, 4.69) is 125 Å².